The first kappa shape index (κ1) is 26.6. The van der Waals surface area contributed by atoms with Gasteiger partial charge in [-0.3, -0.25) is 4.72 Å². The van der Waals surface area contributed by atoms with Gasteiger partial charge in [0.05, 0.1) is 13.7 Å². The van der Waals surface area contributed by atoms with Gasteiger partial charge in [0.25, 0.3) is 10.0 Å². The van der Waals surface area contributed by atoms with Crippen molar-refractivity contribution in [3.05, 3.63) is 54.2 Å². The molecule has 11 heteroatoms. The van der Waals surface area contributed by atoms with Gasteiger partial charge < -0.3 is 19.3 Å². The molecule has 0 bridgehead atoms. The summed E-state index contributed by atoms with van der Waals surface area (Å²) in [6, 6.07) is 11.6. The lowest BCUT2D eigenvalue weighted by Gasteiger charge is -2.26. The van der Waals surface area contributed by atoms with Crippen molar-refractivity contribution < 1.29 is 27.7 Å². The predicted octanol–water partition coefficient (Wildman–Crippen LogP) is 4.47. The van der Waals surface area contributed by atoms with Crippen molar-refractivity contribution in [2.45, 2.75) is 36.2 Å². The Bertz CT molecular complexity index is 1280. The van der Waals surface area contributed by atoms with Crippen LogP contribution < -0.4 is 18.9 Å². The Morgan fingerprint density at radius 1 is 1.06 bits per heavy atom. The zero-order valence-electron chi connectivity index (χ0n) is 20.2. The van der Waals surface area contributed by atoms with Crippen LogP contribution in [-0.4, -0.2) is 50.1 Å². The van der Waals surface area contributed by atoms with Crippen LogP contribution in [0.1, 0.15) is 26.3 Å². The van der Waals surface area contributed by atoms with Gasteiger partial charge in [-0.05, 0) is 35.9 Å². The molecule has 2 aromatic carbocycles. The van der Waals surface area contributed by atoms with Crippen LogP contribution in [0.5, 0.6) is 23.0 Å². The first-order valence-corrected chi connectivity index (χ1v) is 13.4. The van der Waals surface area contributed by atoms with E-state index in [1.54, 1.807) is 36.6 Å². The standard InChI is InChI=1S/C24H29N3O6S2/c1-24(2,3)16-10-11-19(35(29,30)27-20-12-13-25-23(26-20)34-5)22(32-15-14-28)21(16)33-18-9-7-6-8-17(18)31-4/h6-13,28H,14-15H2,1-5H3,(H,25,26,27). The van der Waals surface area contributed by atoms with E-state index in [1.165, 1.54) is 37.2 Å². The molecule has 1 heterocycles. The molecule has 0 saturated carbocycles. The van der Waals surface area contributed by atoms with Crippen LogP contribution in [0.4, 0.5) is 5.82 Å². The maximum atomic E-state index is 13.5. The highest BCUT2D eigenvalue weighted by Crippen LogP contribution is 2.46. The minimum absolute atomic E-state index is 0.0240. The molecular weight excluding hydrogens is 490 g/mol. The number of hydrogen-bond donors (Lipinski definition) is 2. The minimum Gasteiger partial charge on any atom is -0.493 e. The third-order valence-corrected chi connectivity index (χ3v) is 6.79. The second-order valence-electron chi connectivity index (χ2n) is 8.38. The molecule has 0 aliphatic rings. The lowest BCUT2D eigenvalue weighted by atomic mass is 9.86. The number of nitrogens with zero attached hydrogens (tertiary/aromatic N) is 2. The van der Waals surface area contributed by atoms with E-state index < -0.39 is 15.4 Å². The number of aromatic nitrogens is 2. The van der Waals surface area contributed by atoms with Gasteiger partial charge in [0.2, 0.25) is 0 Å². The molecule has 0 spiro atoms. The van der Waals surface area contributed by atoms with E-state index >= 15 is 0 Å². The fraction of sp³-hybridized carbons (Fsp3) is 0.333. The fourth-order valence-electron chi connectivity index (χ4n) is 3.23. The molecule has 3 rings (SSSR count). The fourth-order valence-corrected chi connectivity index (χ4v) is 4.73. The first-order chi connectivity index (χ1) is 16.6. The molecular formula is C24H29N3O6S2. The molecule has 0 atom stereocenters. The summed E-state index contributed by atoms with van der Waals surface area (Å²) >= 11 is 1.29. The van der Waals surface area contributed by atoms with Gasteiger partial charge in [-0.2, -0.15) is 0 Å². The van der Waals surface area contributed by atoms with E-state index in [1.807, 2.05) is 20.8 Å². The second kappa shape index (κ2) is 11.1. The van der Waals surface area contributed by atoms with Crippen LogP contribution in [0.2, 0.25) is 0 Å². The van der Waals surface area contributed by atoms with E-state index in [2.05, 4.69) is 14.7 Å². The predicted molar refractivity (Wildman–Crippen MR) is 135 cm³/mol. The Morgan fingerprint density at radius 3 is 2.40 bits per heavy atom. The number of ether oxygens (including phenoxy) is 3. The van der Waals surface area contributed by atoms with Gasteiger partial charge in [0.15, 0.2) is 28.2 Å². The van der Waals surface area contributed by atoms with E-state index in [9.17, 15) is 13.5 Å². The molecule has 0 aliphatic heterocycles. The molecule has 0 unspecified atom stereocenters. The van der Waals surface area contributed by atoms with Gasteiger partial charge in [-0.25, -0.2) is 18.4 Å². The number of sulfonamides is 1. The number of rotatable bonds is 10. The molecule has 0 saturated heterocycles. The number of aliphatic hydroxyl groups is 1. The summed E-state index contributed by atoms with van der Waals surface area (Å²) < 4.78 is 46.9. The Hall–Kier alpha value is -3.02. The molecule has 35 heavy (non-hydrogen) atoms. The molecule has 1 aromatic heterocycles. The van der Waals surface area contributed by atoms with Gasteiger partial charge >= 0.3 is 0 Å². The molecule has 0 aliphatic carbocycles. The second-order valence-corrected chi connectivity index (χ2v) is 10.8. The summed E-state index contributed by atoms with van der Waals surface area (Å²) in [5, 5.41) is 9.86. The Labute approximate surface area is 209 Å². The summed E-state index contributed by atoms with van der Waals surface area (Å²) in [6.07, 6.45) is 3.26. The van der Waals surface area contributed by atoms with Gasteiger partial charge in [0, 0.05) is 11.8 Å². The van der Waals surface area contributed by atoms with Crippen molar-refractivity contribution in [1.82, 2.24) is 9.97 Å². The van der Waals surface area contributed by atoms with Gasteiger partial charge in [-0.1, -0.05) is 50.7 Å². The quantitative estimate of drug-likeness (QED) is 0.295. The van der Waals surface area contributed by atoms with Crippen LogP contribution in [0.25, 0.3) is 0 Å². The van der Waals surface area contributed by atoms with Crippen molar-refractivity contribution in [2.75, 3.05) is 31.3 Å². The first-order valence-electron chi connectivity index (χ1n) is 10.7. The van der Waals surface area contributed by atoms with Crippen LogP contribution in [0, 0.1) is 0 Å². The lowest BCUT2D eigenvalue weighted by molar-refractivity contribution is 0.193. The average molecular weight is 520 g/mol. The van der Waals surface area contributed by atoms with E-state index in [0.717, 1.165) is 0 Å². The summed E-state index contributed by atoms with van der Waals surface area (Å²) in [4.78, 5) is 8.10. The Balaban J connectivity index is 2.20. The number of methoxy groups -OCH3 is 1. The van der Waals surface area contributed by atoms with E-state index in [4.69, 9.17) is 14.2 Å². The number of aliphatic hydroxyl groups excluding tert-OH is 1. The van der Waals surface area contributed by atoms with E-state index in [0.29, 0.717) is 22.2 Å². The largest absolute Gasteiger partial charge is 0.493 e. The molecule has 0 amide bonds. The normalized spacial score (nSPS) is 11.7. The summed E-state index contributed by atoms with van der Waals surface area (Å²) in [5.41, 5.74) is 0.284. The number of nitrogens with one attached hydrogen (secondary N) is 1. The highest BCUT2D eigenvalue weighted by molar-refractivity contribution is 7.98. The number of anilines is 1. The van der Waals surface area contributed by atoms with Crippen molar-refractivity contribution in [2.24, 2.45) is 0 Å². The number of thioether (sulfide) groups is 1. The number of benzene rings is 2. The zero-order chi connectivity index (χ0) is 25.6. The lowest BCUT2D eigenvalue weighted by Crippen LogP contribution is -2.19. The number of para-hydroxylation sites is 2. The SMILES string of the molecule is COc1ccccc1Oc1c(C(C)(C)C)ccc(S(=O)(=O)Nc2ccnc(SC)n2)c1OCCO. The van der Waals surface area contributed by atoms with Crippen LogP contribution >= 0.6 is 11.8 Å². The van der Waals surface area contributed by atoms with Crippen molar-refractivity contribution >= 4 is 27.6 Å². The Kier molecular flexibility index (Phi) is 8.47. The molecule has 3 aromatic rings. The smallest absolute Gasteiger partial charge is 0.266 e. The zero-order valence-corrected chi connectivity index (χ0v) is 21.9. The van der Waals surface area contributed by atoms with Gasteiger partial charge in [-0.15, -0.1) is 0 Å². The van der Waals surface area contributed by atoms with Crippen LogP contribution in [0.3, 0.4) is 0 Å². The summed E-state index contributed by atoms with van der Waals surface area (Å²) in [5.74, 6) is 1.16. The summed E-state index contributed by atoms with van der Waals surface area (Å²) in [7, 11) is -2.64. The van der Waals surface area contributed by atoms with Crippen molar-refractivity contribution in [3.63, 3.8) is 0 Å². The topological polar surface area (TPSA) is 120 Å². The van der Waals surface area contributed by atoms with Crippen molar-refractivity contribution in [3.8, 4) is 23.0 Å². The molecule has 0 fully saturated rings. The van der Waals surface area contributed by atoms with Crippen LogP contribution in [0.15, 0.2) is 58.7 Å². The maximum Gasteiger partial charge on any atom is 0.266 e. The molecule has 2 N–H and O–H groups in total. The van der Waals surface area contributed by atoms with Crippen molar-refractivity contribution in [1.29, 1.82) is 0 Å². The highest BCUT2D eigenvalue weighted by atomic mass is 32.2. The third-order valence-electron chi connectivity index (χ3n) is 4.85. The molecule has 188 valence electrons. The highest BCUT2D eigenvalue weighted by Gasteiger charge is 2.31. The molecule has 9 nitrogen and oxygen atoms in total. The van der Waals surface area contributed by atoms with E-state index in [-0.39, 0.29) is 35.4 Å². The maximum absolute atomic E-state index is 13.5. The molecule has 0 radical (unpaired) electrons. The third kappa shape index (κ3) is 6.36. The van der Waals surface area contributed by atoms with Crippen LogP contribution in [-0.2, 0) is 15.4 Å². The monoisotopic (exact) mass is 519 g/mol. The average Bonchev–Trinajstić information content (AvgIpc) is 2.82. The van der Waals surface area contributed by atoms with Gasteiger partial charge in [0.1, 0.15) is 17.3 Å². The summed E-state index contributed by atoms with van der Waals surface area (Å²) in [6.45, 7) is 5.48. The Morgan fingerprint density at radius 2 is 1.77 bits per heavy atom. The minimum atomic E-state index is -4.16. The number of hydrogen-bond acceptors (Lipinski definition) is 9.